The number of aryl methyl sites for hydroxylation is 1. The average Bonchev–Trinajstić information content (AvgIpc) is 2.48. The molecule has 3 heteroatoms. The molecular formula is C11H12BrNO. The molecule has 0 radical (unpaired) electrons. The summed E-state index contributed by atoms with van der Waals surface area (Å²) >= 11 is 3.50. The quantitative estimate of drug-likeness (QED) is 0.697. The molecule has 1 aromatic rings. The molecule has 0 unspecified atom stereocenters. The summed E-state index contributed by atoms with van der Waals surface area (Å²) in [6.45, 7) is 4.48. The van der Waals surface area contributed by atoms with Gasteiger partial charge in [-0.3, -0.25) is 4.79 Å². The lowest BCUT2D eigenvalue weighted by Crippen LogP contribution is -2.25. The Balaban J connectivity index is 2.50. The Kier molecular flexibility index (Phi) is 2.35. The van der Waals surface area contributed by atoms with Gasteiger partial charge in [0.15, 0.2) is 0 Å². The van der Waals surface area contributed by atoms with E-state index in [1.807, 2.05) is 11.8 Å². The lowest BCUT2D eigenvalue weighted by atomic mass is 10.1. The van der Waals surface area contributed by atoms with Gasteiger partial charge < -0.3 is 4.90 Å². The number of nitrogens with zero attached hydrogens (tertiary/aromatic N) is 1. The Bertz CT molecular complexity index is 401. The zero-order valence-electron chi connectivity index (χ0n) is 8.30. The highest BCUT2D eigenvalue weighted by molar-refractivity contribution is 9.10. The van der Waals surface area contributed by atoms with Crippen LogP contribution in [0.3, 0.4) is 0 Å². The third-order valence-electron chi connectivity index (χ3n) is 2.64. The minimum atomic E-state index is 0.130. The molecule has 0 aliphatic carbocycles. The van der Waals surface area contributed by atoms with Crippen molar-refractivity contribution < 1.29 is 4.79 Å². The fourth-order valence-corrected chi connectivity index (χ4v) is 2.23. The van der Waals surface area contributed by atoms with Gasteiger partial charge >= 0.3 is 0 Å². The average molecular weight is 254 g/mol. The van der Waals surface area contributed by atoms with E-state index in [1.54, 1.807) is 6.92 Å². The molecule has 1 heterocycles. The van der Waals surface area contributed by atoms with Gasteiger partial charge in [-0.25, -0.2) is 0 Å². The van der Waals surface area contributed by atoms with Crippen LogP contribution in [-0.4, -0.2) is 12.5 Å². The van der Waals surface area contributed by atoms with Crippen LogP contribution in [0.4, 0.5) is 5.69 Å². The van der Waals surface area contributed by atoms with Crippen molar-refractivity contribution >= 4 is 27.5 Å². The number of halogens is 1. The first kappa shape index (κ1) is 9.71. The Labute approximate surface area is 92.0 Å². The molecule has 1 aromatic carbocycles. The van der Waals surface area contributed by atoms with Crippen LogP contribution in [0.25, 0.3) is 0 Å². The van der Waals surface area contributed by atoms with E-state index < -0.39 is 0 Å². The number of hydrogen-bond acceptors (Lipinski definition) is 1. The molecule has 0 N–H and O–H groups in total. The van der Waals surface area contributed by atoms with E-state index in [0.717, 1.165) is 23.1 Å². The summed E-state index contributed by atoms with van der Waals surface area (Å²) in [6, 6.07) is 4.20. The van der Waals surface area contributed by atoms with Crippen molar-refractivity contribution in [2.24, 2.45) is 0 Å². The molecule has 0 spiro atoms. The normalized spacial score (nSPS) is 14.4. The van der Waals surface area contributed by atoms with Gasteiger partial charge in [0, 0.05) is 23.6 Å². The first-order valence-corrected chi connectivity index (χ1v) is 5.46. The number of carbonyl (C=O) groups excluding carboxylic acids is 1. The predicted molar refractivity (Wildman–Crippen MR) is 60.6 cm³/mol. The molecule has 1 amide bonds. The van der Waals surface area contributed by atoms with E-state index >= 15 is 0 Å². The summed E-state index contributed by atoms with van der Waals surface area (Å²) in [5, 5.41) is 0. The number of anilines is 1. The van der Waals surface area contributed by atoms with Gasteiger partial charge in [0.2, 0.25) is 5.91 Å². The van der Waals surface area contributed by atoms with Gasteiger partial charge in [-0.15, -0.1) is 0 Å². The molecule has 0 fully saturated rings. The monoisotopic (exact) mass is 253 g/mol. The molecule has 0 saturated heterocycles. The van der Waals surface area contributed by atoms with Crippen LogP contribution in [0.5, 0.6) is 0 Å². The van der Waals surface area contributed by atoms with Crippen molar-refractivity contribution in [2.45, 2.75) is 20.3 Å². The molecular weight excluding hydrogens is 242 g/mol. The van der Waals surface area contributed by atoms with Crippen LogP contribution in [0.1, 0.15) is 18.1 Å². The Hall–Kier alpha value is -0.830. The lowest BCUT2D eigenvalue weighted by molar-refractivity contribution is -0.116. The molecule has 74 valence electrons. The molecule has 1 aliphatic heterocycles. The second-order valence-electron chi connectivity index (χ2n) is 3.65. The molecule has 0 bridgehead atoms. The zero-order chi connectivity index (χ0) is 10.3. The summed E-state index contributed by atoms with van der Waals surface area (Å²) in [7, 11) is 0. The molecule has 0 saturated carbocycles. The summed E-state index contributed by atoms with van der Waals surface area (Å²) < 4.78 is 1.13. The standard InChI is InChI=1S/C11H12BrNO/c1-7-5-11-9(6-10(7)12)3-4-13(11)8(2)14/h5-6H,3-4H2,1-2H3. The van der Waals surface area contributed by atoms with Gasteiger partial charge in [0.05, 0.1) is 0 Å². The molecule has 1 aliphatic rings. The summed E-state index contributed by atoms with van der Waals surface area (Å²) in [6.07, 6.45) is 0.966. The van der Waals surface area contributed by atoms with Crippen molar-refractivity contribution in [3.8, 4) is 0 Å². The van der Waals surface area contributed by atoms with Crippen LogP contribution in [0.2, 0.25) is 0 Å². The Morgan fingerprint density at radius 2 is 2.21 bits per heavy atom. The Morgan fingerprint density at radius 1 is 1.50 bits per heavy atom. The first-order valence-electron chi connectivity index (χ1n) is 4.66. The topological polar surface area (TPSA) is 20.3 Å². The molecule has 2 nitrogen and oxygen atoms in total. The van der Waals surface area contributed by atoms with Crippen molar-refractivity contribution in [3.05, 3.63) is 27.7 Å². The van der Waals surface area contributed by atoms with Gasteiger partial charge in [-0.05, 0) is 36.6 Å². The van der Waals surface area contributed by atoms with Crippen LogP contribution in [0.15, 0.2) is 16.6 Å². The van der Waals surface area contributed by atoms with Crippen molar-refractivity contribution in [1.29, 1.82) is 0 Å². The van der Waals surface area contributed by atoms with Crippen molar-refractivity contribution in [2.75, 3.05) is 11.4 Å². The smallest absolute Gasteiger partial charge is 0.223 e. The minimum Gasteiger partial charge on any atom is -0.312 e. The molecule has 14 heavy (non-hydrogen) atoms. The van der Waals surface area contributed by atoms with Crippen LogP contribution in [0, 0.1) is 6.92 Å². The maximum Gasteiger partial charge on any atom is 0.223 e. The summed E-state index contributed by atoms with van der Waals surface area (Å²) in [5.74, 6) is 0.130. The number of hydrogen-bond donors (Lipinski definition) is 0. The maximum atomic E-state index is 11.3. The van der Waals surface area contributed by atoms with E-state index in [2.05, 4.69) is 28.1 Å². The van der Waals surface area contributed by atoms with Gasteiger partial charge in [0.1, 0.15) is 0 Å². The maximum absolute atomic E-state index is 11.3. The van der Waals surface area contributed by atoms with E-state index in [4.69, 9.17) is 0 Å². The summed E-state index contributed by atoms with van der Waals surface area (Å²) in [5.41, 5.74) is 3.52. The van der Waals surface area contributed by atoms with Gasteiger partial charge in [-0.1, -0.05) is 15.9 Å². The summed E-state index contributed by atoms with van der Waals surface area (Å²) in [4.78, 5) is 13.2. The second-order valence-corrected chi connectivity index (χ2v) is 4.51. The highest BCUT2D eigenvalue weighted by Crippen LogP contribution is 2.32. The molecule has 0 aromatic heterocycles. The van der Waals surface area contributed by atoms with E-state index in [0.29, 0.717) is 0 Å². The minimum absolute atomic E-state index is 0.130. The fourth-order valence-electron chi connectivity index (χ4n) is 1.84. The predicted octanol–water partition coefficient (Wildman–Crippen LogP) is 2.67. The van der Waals surface area contributed by atoms with Gasteiger partial charge in [-0.2, -0.15) is 0 Å². The first-order chi connectivity index (χ1) is 6.59. The van der Waals surface area contributed by atoms with Crippen molar-refractivity contribution in [1.82, 2.24) is 0 Å². The fraction of sp³-hybridized carbons (Fsp3) is 0.364. The number of carbonyl (C=O) groups is 1. The van der Waals surface area contributed by atoms with Gasteiger partial charge in [0.25, 0.3) is 0 Å². The number of rotatable bonds is 0. The van der Waals surface area contributed by atoms with Crippen LogP contribution < -0.4 is 4.90 Å². The molecule has 2 rings (SSSR count). The van der Waals surface area contributed by atoms with Crippen LogP contribution >= 0.6 is 15.9 Å². The highest BCUT2D eigenvalue weighted by atomic mass is 79.9. The number of amides is 1. The van der Waals surface area contributed by atoms with E-state index in [1.165, 1.54) is 11.1 Å². The molecule has 0 atom stereocenters. The largest absolute Gasteiger partial charge is 0.312 e. The van der Waals surface area contributed by atoms with E-state index in [9.17, 15) is 4.79 Å². The number of fused-ring (bicyclic) bond motifs is 1. The highest BCUT2D eigenvalue weighted by Gasteiger charge is 2.22. The third-order valence-corrected chi connectivity index (χ3v) is 3.49. The van der Waals surface area contributed by atoms with Crippen LogP contribution in [-0.2, 0) is 11.2 Å². The lowest BCUT2D eigenvalue weighted by Gasteiger charge is -2.15. The zero-order valence-corrected chi connectivity index (χ0v) is 9.89. The SMILES string of the molecule is CC(=O)N1CCc2cc(Br)c(C)cc21. The third kappa shape index (κ3) is 1.46. The van der Waals surface area contributed by atoms with Crippen molar-refractivity contribution in [3.63, 3.8) is 0 Å². The van der Waals surface area contributed by atoms with E-state index in [-0.39, 0.29) is 5.91 Å². The Morgan fingerprint density at radius 3 is 2.86 bits per heavy atom. The number of benzene rings is 1. The second kappa shape index (κ2) is 3.39.